The van der Waals surface area contributed by atoms with E-state index in [0.717, 1.165) is 5.56 Å². The van der Waals surface area contributed by atoms with Gasteiger partial charge in [-0.3, -0.25) is 9.59 Å². The van der Waals surface area contributed by atoms with Crippen LogP contribution in [0, 0.1) is 6.92 Å². The highest BCUT2D eigenvalue weighted by molar-refractivity contribution is 6.01. The normalized spacial score (nSPS) is 10.5. The monoisotopic (exact) mass is 360 g/mol. The number of esters is 2. The molecular formula is C20H24O6. The van der Waals surface area contributed by atoms with Gasteiger partial charge in [-0.2, -0.15) is 0 Å². The lowest BCUT2D eigenvalue weighted by Crippen LogP contribution is -2.11. The van der Waals surface area contributed by atoms with E-state index in [0.29, 0.717) is 17.2 Å². The standard InChI is InChI=1S/C20H24O6/c1-6-8-16(22)26-17-13-10-9-12(3)11-14(13)18(25-15(21)7-2)20(24-5)19(17)23-4/h9-11H,6-8H2,1-5H3. The van der Waals surface area contributed by atoms with Crippen LogP contribution >= 0.6 is 0 Å². The zero-order chi connectivity index (χ0) is 19.3. The van der Waals surface area contributed by atoms with E-state index in [-0.39, 0.29) is 41.8 Å². The lowest BCUT2D eigenvalue weighted by molar-refractivity contribution is -0.135. The van der Waals surface area contributed by atoms with Crippen molar-refractivity contribution >= 4 is 22.7 Å². The largest absolute Gasteiger partial charge is 0.490 e. The molecule has 0 aliphatic carbocycles. The molecule has 26 heavy (non-hydrogen) atoms. The van der Waals surface area contributed by atoms with Gasteiger partial charge in [-0.15, -0.1) is 0 Å². The van der Waals surface area contributed by atoms with Crippen LogP contribution in [0.25, 0.3) is 10.8 Å². The third-order valence-corrected chi connectivity index (χ3v) is 3.87. The third-order valence-electron chi connectivity index (χ3n) is 3.87. The maximum absolute atomic E-state index is 12.1. The van der Waals surface area contributed by atoms with Gasteiger partial charge in [-0.05, 0) is 19.4 Å². The first kappa shape index (κ1) is 19.6. The van der Waals surface area contributed by atoms with Crippen molar-refractivity contribution in [2.75, 3.05) is 14.2 Å². The van der Waals surface area contributed by atoms with Crippen molar-refractivity contribution in [1.82, 2.24) is 0 Å². The van der Waals surface area contributed by atoms with Crippen molar-refractivity contribution in [3.8, 4) is 23.0 Å². The average molecular weight is 360 g/mol. The zero-order valence-electron chi connectivity index (χ0n) is 15.8. The molecule has 0 N–H and O–H groups in total. The lowest BCUT2D eigenvalue weighted by atomic mass is 10.0. The summed E-state index contributed by atoms with van der Waals surface area (Å²) in [5, 5.41) is 1.22. The first-order chi connectivity index (χ1) is 12.5. The van der Waals surface area contributed by atoms with Gasteiger partial charge in [0.25, 0.3) is 0 Å². The second-order valence-corrected chi connectivity index (χ2v) is 5.83. The number of carbonyl (C=O) groups is 2. The molecule has 0 heterocycles. The summed E-state index contributed by atoms with van der Waals surface area (Å²) in [6.07, 6.45) is 1.17. The van der Waals surface area contributed by atoms with Crippen LogP contribution in [0.15, 0.2) is 18.2 Å². The summed E-state index contributed by atoms with van der Waals surface area (Å²) in [6.45, 7) is 5.53. The molecule has 0 saturated heterocycles. The molecule has 6 heteroatoms. The molecule has 6 nitrogen and oxygen atoms in total. The number of benzene rings is 2. The van der Waals surface area contributed by atoms with E-state index in [4.69, 9.17) is 18.9 Å². The van der Waals surface area contributed by atoms with Gasteiger partial charge in [0.2, 0.25) is 11.5 Å². The van der Waals surface area contributed by atoms with E-state index >= 15 is 0 Å². The van der Waals surface area contributed by atoms with Gasteiger partial charge in [0.1, 0.15) is 0 Å². The van der Waals surface area contributed by atoms with Crippen molar-refractivity contribution in [1.29, 1.82) is 0 Å². The van der Waals surface area contributed by atoms with Crippen LogP contribution in [0.2, 0.25) is 0 Å². The molecule has 0 spiro atoms. The minimum Gasteiger partial charge on any atom is -0.490 e. The molecule has 0 fully saturated rings. The highest BCUT2D eigenvalue weighted by Crippen LogP contribution is 2.51. The SMILES string of the molecule is CCCC(=O)Oc1c(OC)c(OC)c(OC(=O)CC)c2cc(C)ccc12. The average Bonchev–Trinajstić information content (AvgIpc) is 2.62. The number of hydrogen-bond donors (Lipinski definition) is 0. The van der Waals surface area contributed by atoms with E-state index < -0.39 is 5.97 Å². The van der Waals surface area contributed by atoms with Crippen LogP contribution in [0.4, 0.5) is 0 Å². The maximum Gasteiger partial charge on any atom is 0.311 e. The Balaban J connectivity index is 2.80. The fraction of sp³-hybridized carbons (Fsp3) is 0.400. The van der Waals surface area contributed by atoms with Crippen LogP contribution in [-0.4, -0.2) is 26.2 Å². The predicted molar refractivity (Wildman–Crippen MR) is 98.3 cm³/mol. The van der Waals surface area contributed by atoms with Crippen LogP contribution in [0.3, 0.4) is 0 Å². The Labute approximate surface area is 153 Å². The van der Waals surface area contributed by atoms with Crippen LogP contribution in [0.5, 0.6) is 23.0 Å². The van der Waals surface area contributed by atoms with Crippen LogP contribution in [0.1, 0.15) is 38.7 Å². The molecule has 0 radical (unpaired) electrons. The quantitative estimate of drug-likeness (QED) is 0.545. The van der Waals surface area contributed by atoms with Gasteiger partial charge < -0.3 is 18.9 Å². The zero-order valence-corrected chi connectivity index (χ0v) is 15.8. The van der Waals surface area contributed by atoms with E-state index in [2.05, 4.69) is 0 Å². The fourth-order valence-electron chi connectivity index (χ4n) is 2.62. The van der Waals surface area contributed by atoms with Crippen molar-refractivity contribution < 1.29 is 28.5 Å². The Morgan fingerprint density at radius 1 is 0.846 bits per heavy atom. The maximum atomic E-state index is 12.1. The molecule has 0 atom stereocenters. The summed E-state index contributed by atoms with van der Waals surface area (Å²) >= 11 is 0. The highest BCUT2D eigenvalue weighted by atomic mass is 16.6. The molecule has 0 aromatic heterocycles. The molecule has 2 aromatic rings. The Kier molecular flexibility index (Phi) is 6.44. The molecule has 2 aromatic carbocycles. The summed E-state index contributed by atoms with van der Waals surface area (Å²) in [5.74, 6) is 0.176. The molecule has 0 unspecified atom stereocenters. The molecule has 0 aliphatic rings. The molecule has 2 rings (SSSR count). The first-order valence-electron chi connectivity index (χ1n) is 8.56. The number of hydrogen-bond acceptors (Lipinski definition) is 6. The Hall–Kier alpha value is -2.76. The molecule has 0 amide bonds. The minimum atomic E-state index is -0.399. The summed E-state index contributed by atoms with van der Waals surface area (Å²) in [6, 6.07) is 5.55. The molecular weight excluding hydrogens is 336 g/mol. The first-order valence-corrected chi connectivity index (χ1v) is 8.56. The molecule has 140 valence electrons. The van der Waals surface area contributed by atoms with Gasteiger partial charge in [0, 0.05) is 23.6 Å². The van der Waals surface area contributed by atoms with E-state index in [1.807, 2.05) is 32.0 Å². The molecule has 0 aliphatic heterocycles. The van der Waals surface area contributed by atoms with Crippen LogP contribution in [-0.2, 0) is 9.59 Å². The van der Waals surface area contributed by atoms with Crippen molar-refractivity contribution in [3.63, 3.8) is 0 Å². The van der Waals surface area contributed by atoms with Crippen molar-refractivity contribution in [2.24, 2.45) is 0 Å². The van der Waals surface area contributed by atoms with Gasteiger partial charge in [-0.25, -0.2) is 0 Å². The van der Waals surface area contributed by atoms with Crippen LogP contribution < -0.4 is 18.9 Å². The summed E-state index contributed by atoms with van der Waals surface area (Å²) in [5.41, 5.74) is 0.962. The summed E-state index contributed by atoms with van der Waals surface area (Å²) in [7, 11) is 2.89. The number of carbonyl (C=O) groups excluding carboxylic acids is 2. The molecule has 0 bridgehead atoms. The number of fused-ring (bicyclic) bond motifs is 1. The van der Waals surface area contributed by atoms with Gasteiger partial charge >= 0.3 is 11.9 Å². The minimum absolute atomic E-state index is 0.214. The number of rotatable bonds is 7. The smallest absolute Gasteiger partial charge is 0.311 e. The lowest BCUT2D eigenvalue weighted by Gasteiger charge is -2.19. The molecule has 0 saturated carbocycles. The second-order valence-electron chi connectivity index (χ2n) is 5.83. The van der Waals surface area contributed by atoms with Gasteiger partial charge in [-0.1, -0.05) is 31.5 Å². The summed E-state index contributed by atoms with van der Waals surface area (Å²) in [4.78, 5) is 24.0. The Bertz CT molecular complexity index is 825. The van der Waals surface area contributed by atoms with Gasteiger partial charge in [0.05, 0.1) is 14.2 Å². The summed E-state index contributed by atoms with van der Waals surface area (Å²) < 4.78 is 22.0. The number of aryl methyl sites for hydroxylation is 1. The van der Waals surface area contributed by atoms with Crippen molar-refractivity contribution in [2.45, 2.75) is 40.0 Å². The third kappa shape index (κ3) is 3.90. The fourth-order valence-corrected chi connectivity index (χ4v) is 2.62. The topological polar surface area (TPSA) is 71.1 Å². The highest BCUT2D eigenvalue weighted by Gasteiger charge is 2.26. The number of ether oxygens (including phenoxy) is 4. The predicted octanol–water partition coefficient (Wildman–Crippen LogP) is 4.19. The van der Waals surface area contributed by atoms with E-state index in [1.54, 1.807) is 6.92 Å². The van der Waals surface area contributed by atoms with E-state index in [9.17, 15) is 9.59 Å². The number of methoxy groups -OCH3 is 2. The van der Waals surface area contributed by atoms with Gasteiger partial charge in [0.15, 0.2) is 11.5 Å². The Morgan fingerprint density at radius 3 is 1.96 bits per heavy atom. The Morgan fingerprint density at radius 2 is 1.42 bits per heavy atom. The van der Waals surface area contributed by atoms with E-state index in [1.165, 1.54) is 14.2 Å². The van der Waals surface area contributed by atoms with Crippen molar-refractivity contribution in [3.05, 3.63) is 23.8 Å². The second kappa shape index (κ2) is 8.56.